The molecule has 5 rings (SSSR count). The first-order valence-electron chi connectivity index (χ1n) is 10.9. The van der Waals surface area contributed by atoms with Crippen LogP contribution in [-0.4, -0.2) is 56.0 Å². The molecule has 2 fully saturated rings. The Morgan fingerprint density at radius 1 is 1.27 bits per heavy atom. The molecule has 0 spiro atoms. The molecule has 0 saturated carbocycles. The molecule has 2 aliphatic rings. The average molecular weight is 510 g/mol. The van der Waals surface area contributed by atoms with Crippen molar-refractivity contribution in [1.29, 1.82) is 0 Å². The van der Waals surface area contributed by atoms with E-state index in [1.165, 1.54) is 39.1 Å². The van der Waals surface area contributed by atoms with Gasteiger partial charge in [0.05, 0.1) is 28.8 Å². The van der Waals surface area contributed by atoms with Crippen LogP contribution in [0.2, 0.25) is 0 Å². The van der Waals surface area contributed by atoms with Crippen LogP contribution in [0.5, 0.6) is 0 Å². The van der Waals surface area contributed by atoms with Crippen LogP contribution in [0.1, 0.15) is 25.7 Å². The van der Waals surface area contributed by atoms with Gasteiger partial charge in [0.25, 0.3) is 10.0 Å². The molecule has 0 bridgehead atoms. The largest absolute Gasteiger partial charge is 0.376 e. The summed E-state index contributed by atoms with van der Waals surface area (Å²) in [6.45, 7) is 1.56. The van der Waals surface area contributed by atoms with Gasteiger partial charge in [0.15, 0.2) is 5.13 Å². The summed E-state index contributed by atoms with van der Waals surface area (Å²) >= 11 is 2.45. The zero-order valence-corrected chi connectivity index (χ0v) is 20.3. The van der Waals surface area contributed by atoms with E-state index in [0.29, 0.717) is 52.1 Å². The standard InChI is InChI=1S/C22H24FN3O4S3/c23-16-7-8-18-19(12-16)32-22(24-18)26(14-17-5-2-10-30-17)21(27)15-4-1-9-25(13-15)33(28,29)20-6-3-11-31-20/h3,6-8,11-12,15,17H,1-2,4-5,9-10,13-14H2. The van der Waals surface area contributed by atoms with Crippen molar-refractivity contribution in [2.24, 2.45) is 5.92 Å². The van der Waals surface area contributed by atoms with Crippen molar-refractivity contribution in [3.8, 4) is 0 Å². The first-order chi connectivity index (χ1) is 15.9. The van der Waals surface area contributed by atoms with Gasteiger partial charge in [-0.1, -0.05) is 17.4 Å². The number of ether oxygens (including phenoxy) is 1. The Kier molecular flexibility index (Phi) is 6.49. The highest BCUT2D eigenvalue weighted by Gasteiger charge is 2.37. The number of aromatic nitrogens is 1. The lowest BCUT2D eigenvalue weighted by Gasteiger charge is -2.34. The maximum Gasteiger partial charge on any atom is 0.252 e. The lowest BCUT2D eigenvalue weighted by Crippen LogP contribution is -2.48. The molecule has 11 heteroatoms. The molecule has 4 heterocycles. The summed E-state index contributed by atoms with van der Waals surface area (Å²) in [6, 6.07) is 7.68. The van der Waals surface area contributed by atoms with Gasteiger partial charge in [-0.25, -0.2) is 17.8 Å². The van der Waals surface area contributed by atoms with Gasteiger partial charge in [0, 0.05) is 19.7 Å². The molecule has 176 valence electrons. The van der Waals surface area contributed by atoms with Crippen molar-refractivity contribution in [3.63, 3.8) is 0 Å². The third-order valence-corrected chi connectivity index (χ3v) is 10.3. The van der Waals surface area contributed by atoms with Crippen molar-refractivity contribution in [1.82, 2.24) is 9.29 Å². The minimum atomic E-state index is -3.62. The summed E-state index contributed by atoms with van der Waals surface area (Å²) in [5, 5.41) is 2.23. The highest BCUT2D eigenvalue weighted by molar-refractivity contribution is 7.91. The summed E-state index contributed by atoms with van der Waals surface area (Å²) in [5.41, 5.74) is 0.632. The van der Waals surface area contributed by atoms with Gasteiger partial charge >= 0.3 is 0 Å². The van der Waals surface area contributed by atoms with E-state index in [-0.39, 0.29) is 24.4 Å². The number of thiazole rings is 1. The molecule has 1 amide bonds. The van der Waals surface area contributed by atoms with Crippen LogP contribution in [0.4, 0.5) is 9.52 Å². The molecular formula is C22H24FN3O4S3. The second kappa shape index (κ2) is 9.38. The number of carbonyl (C=O) groups is 1. The lowest BCUT2D eigenvalue weighted by molar-refractivity contribution is -0.123. The molecule has 2 aromatic heterocycles. The van der Waals surface area contributed by atoms with Crippen LogP contribution in [0.3, 0.4) is 0 Å². The zero-order valence-electron chi connectivity index (χ0n) is 17.9. The number of sulfonamides is 1. The normalized spacial score (nSPS) is 22.1. The third-order valence-electron chi connectivity index (χ3n) is 6.07. The number of fused-ring (bicyclic) bond motifs is 1. The second-order valence-electron chi connectivity index (χ2n) is 8.33. The molecule has 33 heavy (non-hydrogen) atoms. The van der Waals surface area contributed by atoms with Crippen LogP contribution in [0.25, 0.3) is 10.2 Å². The predicted octanol–water partition coefficient (Wildman–Crippen LogP) is 4.11. The third kappa shape index (κ3) is 4.69. The number of hydrogen-bond acceptors (Lipinski definition) is 7. The van der Waals surface area contributed by atoms with Crippen molar-refractivity contribution in [3.05, 3.63) is 41.5 Å². The van der Waals surface area contributed by atoms with Gasteiger partial charge in [-0.05, 0) is 55.3 Å². The van der Waals surface area contributed by atoms with E-state index in [2.05, 4.69) is 4.98 Å². The number of piperidine rings is 1. The fourth-order valence-electron chi connectivity index (χ4n) is 4.38. The summed E-state index contributed by atoms with van der Waals surface area (Å²) in [6.07, 6.45) is 2.92. The minimum Gasteiger partial charge on any atom is -0.376 e. The van der Waals surface area contributed by atoms with Gasteiger partial charge in [-0.15, -0.1) is 11.3 Å². The topological polar surface area (TPSA) is 79.8 Å². The SMILES string of the molecule is O=C(C1CCCN(S(=O)(=O)c2cccs2)C1)N(CC1CCCO1)c1nc2ccc(F)cc2s1. The second-order valence-corrected chi connectivity index (χ2v) is 12.4. The van der Waals surface area contributed by atoms with Crippen molar-refractivity contribution in [2.45, 2.75) is 36.0 Å². The van der Waals surface area contributed by atoms with Gasteiger partial charge < -0.3 is 4.74 Å². The summed E-state index contributed by atoms with van der Waals surface area (Å²) in [7, 11) is -3.62. The maximum absolute atomic E-state index is 13.7. The van der Waals surface area contributed by atoms with Gasteiger partial charge in [-0.2, -0.15) is 4.31 Å². The van der Waals surface area contributed by atoms with Crippen molar-refractivity contribution < 1.29 is 22.3 Å². The molecule has 2 saturated heterocycles. The Labute approximate surface area is 199 Å². The molecule has 7 nitrogen and oxygen atoms in total. The highest BCUT2D eigenvalue weighted by atomic mass is 32.2. The fourth-order valence-corrected chi connectivity index (χ4v) is 8.05. The molecule has 2 unspecified atom stereocenters. The van der Waals surface area contributed by atoms with Gasteiger partial charge in [0.2, 0.25) is 5.91 Å². The van der Waals surface area contributed by atoms with Crippen LogP contribution < -0.4 is 4.90 Å². The lowest BCUT2D eigenvalue weighted by atomic mass is 9.98. The monoisotopic (exact) mass is 509 g/mol. The minimum absolute atomic E-state index is 0.0905. The van der Waals surface area contributed by atoms with E-state index in [0.717, 1.165) is 12.8 Å². The Balaban J connectivity index is 1.42. The van der Waals surface area contributed by atoms with Crippen LogP contribution >= 0.6 is 22.7 Å². The molecule has 2 atom stereocenters. The molecule has 2 aliphatic heterocycles. The van der Waals surface area contributed by atoms with Crippen LogP contribution in [0.15, 0.2) is 39.9 Å². The Morgan fingerprint density at radius 3 is 2.91 bits per heavy atom. The van der Waals surface area contributed by atoms with Crippen LogP contribution in [-0.2, 0) is 19.6 Å². The maximum atomic E-state index is 13.7. The predicted molar refractivity (Wildman–Crippen MR) is 127 cm³/mol. The Hall–Kier alpha value is -1.92. The van der Waals surface area contributed by atoms with E-state index in [1.807, 2.05) is 0 Å². The number of thiophene rings is 1. The molecule has 3 aromatic rings. The number of halogens is 1. The summed E-state index contributed by atoms with van der Waals surface area (Å²) < 4.78 is 47.9. The molecule has 1 aromatic carbocycles. The fraction of sp³-hybridized carbons (Fsp3) is 0.455. The number of hydrogen-bond donors (Lipinski definition) is 0. The first-order valence-corrected chi connectivity index (χ1v) is 14.1. The number of carbonyl (C=O) groups excluding carboxylic acids is 1. The van der Waals surface area contributed by atoms with Gasteiger partial charge in [0.1, 0.15) is 10.0 Å². The number of nitrogens with zero attached hydrogens (tertiary/aromatic N) is 3. The molecule has 0 N–H and O–H groups in total. The quantitative estimate of drug-likeness (QED) is 0.500. The number of rotatable bonds is 6. The summed E-state index contributed by atoms with van der Waals surface area (Å²) in [5.74, 6) is -0.980. The van der Waals surface area contributed by atoms with E-state index in [9.17, 15) is 17.6 Å². The smallest absolute Gasteiger partial charge is 0.252 e. The van der Waals surface area contributed by atoms with Crippen LogP contribution in [0, 0.1) is 11.7 Å². The number of benzene rings is 1. The Bertz CT molecular complexity index is 1240. The highest BCUT2D eigenvalue weighted by Crippen LogP contribution is 2.33. The number of anilines is 1. The molecule has 0 aliphatic carbocycles. The zero-order chi connectivity index (χ0) is 23.0. The van der Waals surface area contributed by atoms with E-state index >= 15 is 0 Å². The first kappa shape index (κ1) is 22.9. The number of amides is 1. The summed E-state index contributed by atoms with van der Waals surface area (Å²) in [4.78, 5) is 20.0. The van der Waals surface area contributed by atoms with E-state index < -0.39 is 15.9 Å². The molecular weight excluding hydrogens is 485 g/mol. The molecule has 0 radical (unpaired) electrons. The van der Waals surface area contributed by atoms with E-state index in [1.54, 1.807) is 28.5 Å². The van der Waals surface area contributed by atoms with Crippen molar-refractivity contribution >= 4 is 54.0 Å². The van der Waals surface area contributed by atoms with Crippen molar-refractivity contribution in [2.75, 3.05) is 31.1 Å². The van der Waals surface area contributed by atoms with E-state index in [4.69, 9.17) is 4.74 Å². The van der Waals surface area contributed by atoms with Gasteiger partial charge in [-0.3, -0.25) is 9.69 Å². The average Bonchev–Trinajstić information content (AvgIpc) is 3.58. The Morgan fingerprint density at radius 2 is 2.15 bits per heavy atom.